The van der Waals surface area contributed by atoms with Gasteiger partial charge in [-0.25, -0.2) is 4.79 Å². The van der Waals surface area contributed by atoms with E-state index in [0.29, 0.717) is 13.1 Å². The molecule has 1 amide bonds. The van der Waals surface area contributed by atoms with E-state index in [1.165, 1.54) is 5.56 Å². The fraction of sp³-hybridized carbons (Fsp3) is 0.611. The average molecular weight is 320 g/mol. The molecule has 1 aromatic carbocycles. The van der Waals surface area contributed by atoms with Gasteiger partial charge in [0.05, 0.1) is 6.61 Å². The summed E-state index contributed by atoms with van der Waals surface area (Å²) >= 11 is 0. The summed E-state index contributed by atoms with van der Waals surface area (Å²) in [6.45, 7) is 8.56. The summed E-state index contributed by atoms with van der Waals surface area (Å²) in [5.74, 6) is 0. The molecule has 0 bridgehead atoms. The first-order valence-corrected chi connectivity index (χ1v) is 8.26. The second-order valence-corrected chi connectivity index (χ2v) is 7.03. The molecule has 23 heavy (non-hydrogen) atoms. The Kier molecular flexibility index (Phi) is 6.02. The quantitative estimate of drug-likeness (QED) is 0.923. The van der Waals surface area contributed by atoms with E-state index in [-0.39, 0.29) is 18.7 Å². The summed E-state index contributed by atoms with van der Waals surface area (Å²) in [5, 5.41) is 9.72. The molecule has 2 rings (SSSR count). The van der Waals surface area contributed by atoms with Gasteiger partial charge < -0.3 is 14.7 Å². The molecule has 1 saturated heterocycles. The van der Waals surface area contributed by atoms with E-state index in [4.69, 9.17) is 4.74 Å². The van der Waals surface area contributed by atoms with Crippen LogP contribution >= 0.6 is 0 Å². The number of aliphatic hydroxyl groups excluding tert-OH is 1. The fourth-order valence-electron chi connectivity index (χ4n) is 2.79. The molecule has 0 radical (unpaired) electrons. The maximum Gasteiger partial charge on any atom is 0.410 e. The summed E-state index contributed by atoms with van der Waals surface area (Å²) < 4.78 is 5.41. The first-order chi connectivity index (χ1) is 10.9. The number of piperazine rings is 1. The van der Waals surface area contributed by atoms with Gasteiger partial charge in [-0.1, -0.05) is 30.3 Å². The third kappa shape index (κ3) is 5.52. The lowest BCUT2D eigenvalue weighted by molar-refractivity contribution is 0.00679. The van der Waals surface area contributed by atoms with E-state index in [1.807, 2.05) is 39.0 Å². The van der Waals surface area contributed by atoms with Crippen LogP contribution < -0.4 is 0 Å². The molecule has 5 heteroatoms. The van der Waals surface area contributed by atoms with Crippen LogP contribution in [0, 0.1) is 0 Å². The molecule has 0 unspecified atom stereocenters. The lowest BCUT2D eigenvalue weighted by Crippen LogP contribution is -2.54. The van der Waals surface area contributed by atoms with Crippen molar-refractivity contribution >= 4 is 6.09 Å². The third-order valence-corrected chi connectivity index (χ3v) is 4.01. The van der Waals surface area contributed by atoms with E-state index in [1.54, 1.807) is 4.90 Å². The molecular weight excluding hydrogens is 292 g/mol. The third-order valence-electron chi connectivity index (χ3n) is 4.01. The van der Waals surface area contributed by atoms with Crippen molar-refractivity contribution in [2.24, 2.45) is 0 Å². The monoisotopic (exact) mass is 320 g/mol. The number of carbonyl (C=O) groups is 1. The van der Waals surface area contributed by atoms with Crippen LogP contribution in [-0.2, 0) is 11.2 Å². The summed E-state index contributed by atoms with van der Waals surface area (Å²) in [5.41, 5.74) is 0.760. The van der Waals surface area contributed by atoms with Crippen LogP contribution in [0.15, 0.2) is 30.3 Å². The van der Waals surface area contributed by atoms with E-state index in [0.717, 1.165) is 19.5 Å². The molecule has 1 atom stereocenters. The van der Waals surface area contributed by atoms with Gasteiger partial charge in [-0.3, -0.25) is 4.90 Å². The average Bonchev–Trinajstić information content (AvgIpc) is 2.52. The zero-order valence-electron chi connectivity index (χ0n) is 14.4. The highest BCUT2D eigenvalue weighted by molar-refractivity contribution is 5.68. The summed E-state index contributed by atoms with van der Waals surface area (Å²) in [6.07, 6.45) is 0.574. The number of aliphatic hydroxyl groups is 1. The van der Waals surface area contributed by atoms with Gasteiger partial charge in [-0.15, -0.1) is 0 Å². The maximum absolute atomic E-state index is 12.1. The van der Waals surface area contributed by atoms with Crippen LogP contribution in [0.3, 0.4) is 0 Å². The van der Waals surface area contributed by atoms with Gasteiger partial charge in [-0.05, 0) is 32.8 Å². The SMILES string of the molecule is CC(C)(C)OC(=O)N1CCN([C@@H](CO)Cc2ccccc2)CC1. The first-order valence-electron chi connectivity index (χ1n) is 8.26. The largest absolute Gasteiger partial charge is 0.444 e. The molecule has 0 aromatic heterocycles. The first kappa shape index (κ1) is 17.8. The number of benzene rings is 1. The number of amides is 1. The van der Waals surface area contributed by atoms with Crippen LogP contribution in [0.4, 0.5) is 4.79 Å². The molecule has 5 nitrogen and oxygen atoms in total. The minimum atomic E-state index is -0.463. The second-order valence-electron chi connectivity index (χ2n) is 7.03. The Labute approximate surface area is 138 Å². The molecule has 0 saturated carbocycles. The predicted octanol–water partition coefficient (Wildman–Crippen LogP) is 2.14. The van der Waals surface area contributed by atoms with Gasteiger partial charge in [-0.2, -0.15) is 0 Å². The molecule has 0 spiro atoms. The summed E-state index contributed by atoms with van der Waals surface area (Å²) in [4.78, 5) is 16.1. The lowest BCUT2D eigenvalue weighted by Gasteiger charge is -2.39. The highest BCUT2D eigenvalue weighted by Crippen LogP contribution is 2.15. The number of hydrogen-bond donors (Lipinski definition) is 1. The summed E-state index contributed by atoms with van der Waals surface area (Å²) in [6, 6.07) is 10.3. The van der Waals surface area contributed by atoms with Crippen molar-refractivity contribution in [2.45, 2.75) is 38.8 Å². The second kappa shape index (κ2) is 7.79. The van der Waals surface area contributed by atoms with E-state index < -0.39 is 5.60 Å². The Morgan fingerprint density at radius 2 is 1.78 bits per heavy atom. The topological polar surface area (TPSA) is 53.0 Å². The number of nitrogens with zero attached hydrogens (tertiary/aromatic N) is 2. The minimum Gasteiger partial charge on any atom is -0.444 e. The van der Waals surface area contributed by atoms with Crippen molar-refractivity contribution in [2.75, 3.05) is 32.8 Å². The Balaban J connectivity index is 1.86. The smallest absolute Gasteiger partial charge is 0.410 e. The Bertz CT molecular complexity index is 491. The molecular formula is C18H28N2O3. The van der Waals surface area contributed by atoms with E-state index in [9.17, 15) is 9.90 Å². The van der Waals surface area contributed by atoms with Gasteiger partial charge in [0, 0.05) is 32.2 Å². The van der Waals surface area contributed by atoms with Gasteiger partial charge in [0.15, 0.2) is 0 Å². The van der Waals surface area contributed by atoms with Crippen molar-refractivity contribution in [3.05, 3.63) is 35.9 Å². The molecule has 1 aliphatic rings. The van der Waals surface area contributed by atoms with Crippen LogP contribution in [0.2, 0.25) is 0 Å². The minimum absolute atomic E-state index is 0.0955. The standard InChI is InChI=1S/C18H28N2O3/c1-18(2,3)23-17(22)20-11-9-19(10-12-20)16(14-21)13-15-7-5-4-6-8-15/h4-8,16,21H,9-14H2,1-3H3/t16-/m1/s1. The summed E-state index contributed by atoms with van der Waals surface area (Å²) in [7, 11) is 0. The van der Waals surface area contributed by atoms with Crippen LogP contribution in [0.5, 0.6) is 0 Å². The molecule has 128 valence electrons. The molecule has 1 heterocycles. The number of hydrogen-bond acceptors (Lipinski definition) is 4. The zero-order chi connectivity index (χ0) is 16.9. The van der Waals surface area contributed by atoms with Gasteiger partial charge in [0.2, 0.25) is 0 Å². The van der Waals surface area contributed by atoms with Crippen molar-refractivity contribution in [3.63, 3.8) is 0 Å². The number of ether oxygens (including phenoxy) is 1. The lowest BCUT2D eigenvalue weighted by atomic mass is 10.0. The highest BCUT2D eigenvalue weighted by atomic mass is 16.6. The van der Waals surface area contributed by atoms with Crippen molar-refractivity contribution in [1.82, 2.24) is 9.80 Å². The van der Waals surface area contributed by atoms with Crippen LogP contribution in [-0.4, -0.2) is 65.4 Å². The van der Waals surface area contributed by atoms with Crippen molar-refractivity contribution in [3.8, 4) is 0 Å². The number of rotatable bonds is 4. The van der Waals surface area contributed by atoms with Crippen molar-refractivity contribution < 1.29 is 14.6 Å². The Morgan fingerprint density at radius 3 is 2.30 bits per heavy atom. The Morgan fingerprint density at radius 1 is 1.17 bits per heavy atom. The predicted molar refractivity (Wildman–Crippen MR) is 90.4 cm³/mol. The van der Waals surface area contributed by atoms with Gasteiger partial charge in [0.1, 0.15) is 5.60 Å². The molecule has 1 fully saturated rings. The molecule has 1 N–H and O–H groups in total. The van der Waals surface area contributed by atoms with E-state index in [2.05, 4.69) is 17.0 Å². The van der Waals surface area contributed by atoms with Crippen molar-refractivity contribution in [1.29, 1.82) is 0 Å². The fourth-order valence-corrected chi connectivity index (χ4v) is 2.79. The maximum atomic E-state index is 12.1. The normalized spacial score (nSPS) is 17.8. The zero-order valence-corrected chi connectivity index (χ0v) is 14.4. The van der Waals surface area contributed by atoms with Gasteiger partial charge in [0.25, 0.3) is 0 Å². The van der Waals surface area contributed by atoms with Gasteiger partial charge >= 0.3 is 6.09 Å². The van der Waals surface area contributed by atoms with Crippen LogP contribution in [0.1, 0.15) is 26.3 Å². The highest BCUT2D eigenvalue weighted by Gasteiger charge is 2.28. The number of carbonyl (C=O) groups excluding carboxylic acids is 1. The molecule has 1 aromatic rings. The van der Waals surface area contributed by atoms with E-state index >= 15 is 0 Å². The Hall–Kier alpha value is -1.59. The molecule has 1 aliphatic heterocycles. The van der Waals surface area contributed by atoms with Crippen LogP contribution in [0.25, 0.3) is 0 Å². The molecule has 0 aliphatic carbocycles.